The number of imidazole rings is 1. The summed E-state index contributed by atoms with van der Waals surface area (Å²) < 4.78 is 16.1. The van der Waals surface area contributed by atoms with Crippen LogP contribution in [0.25, 0.3) is 33.2 Å². The first-order valence-corrected chi connectivity index (χ1v) is 20.2. The van der Waals surface area contributed by atoms with Crippen molar-refractivity contribution in [2.24, 2.45) is 16.8 Å². The highest BCUT2D eigenvalue weighted by atomic mass is 16.6. The number of benzene rings is 3. The number of nitrogens with one attached hydrogen (secondary N) is 2. The average molecular weight is 787 g/mol. The van der Waals surface area contributed by atoms with E-state index >= 15 is 0 Å². The number of nitrogens with zero attached hydrogens (tertiary/aromatic N) is 4. The van der Waals surface area contributed by atoms with E-state index in [1.54, 1.807) is 7.11 Å². The molecule has 12 nitrogen and oxygen atoms in total. The Hall–Kier alpha value is -5.67. The Kier molecular flexibility index (Phi) is 11.6. The van der Waals surface area contributed by atoms with E-state index in [2.05, 4.69) is 70.7 Å². The molecule has 0 spiro atoms. The van der Waals surface area contributed by atoms with Crippen molar-refractivity contribution in [2.45, 2.75) is 91.0 Å². The molecule has 12 heteroatoms. The summed E-state index contributed by atoms with van der Waals surface area (Å²) in [5, 5.41) is 4.96. The van der Waals surface area contributed by atoms with Gasteiger partial charge in [0.25, 0.3) is 0 Å². The largest absolute Gasteiger partial charge is 0.453 e. The van der Waals surface area contributed by atoms with Crippen molar-refractivity contribution in [3.63, 3.8) is 0 Å². The number of rotatable bonds is 9. The van der Waals surface area contributed by atoms with Crippen LogP contribution in [0, 0.1) is 23.7 Å². The topological polar surface area (TPSA) is 138 Å². The first-order chi connectivity index (χ1) is 27.8. The number of H-pyrrole nitrogens is 1. The van der Waals surface area contributed by atoms with Crippen molar-refractivity contribution < 1.29 is 28.6 Å². The lowest BCUT2D eigenvalue weighted by Crippen LogP contribution is -2.51. The molecule has 3 aromatic carbocycles. The van der Waals surface area contributed by atoms with Gasteiger partial charge in [0.15, 0.2) is 0 Å². The predicted octanol–water partition coefficient (Wildman–Crippen LogP) is 8.21. The van der Waals surface area contributed by atoms with Gasteiger partial charge in [-0.2, -0.15) is 0 Å². The number of aliphatic imine (C=N–C) groups is 1. The molecule has 7 rings (SSSR count). The molecule has 304 valence electrons. The maximum atomic E-state index is 13.7. The molecule has 1 aromatic heterocycles. The van der Waals surface area contributed by atoms with E-state index in [0.29, 0.717) is 31.9 Å². The molecule has 3 aliphatic rings. The Labute approximate surface area is 340 Å². The molecule has 3 aliphatic heterocycles. The van der Waals surface area contributed by atoms with Crippen LogP contribution in [0.4, 0.5) is 15.3 Å². The average Bonchev–Trinajstić information content (AvgIpc) is 4.02. The fraction of sp³-hybridized carbons (Fsp3) is 0.457. The van der Waals surface area contributed by atoms with E-state index in [-0.39, 0.29) is 35.9 Å². The van der Waals surface area contributed by atoms with Crippen LogP contribution < -0.4 is 5.32 Å². The molecule has 58 heavy (non-hydrogen) atoms. The van der Waals surface area contributed by atoms with Gasteiger partial charge in [-0.1, -0.05) is 50.1 Å². The van der Waals surface area contributed by atoms with Crippen LogP contribution in [0.15, 0.2) is 59.7 Å². The van der Waals surface area contributed by atoms with Gasteiger partial charge in [-0.15, -0.1) is 5.92 Å². The van der Waals surface area contributed by atoms with E-state index in [4.69, 9.17) is 24.2 Å². The normalized spacial score (nSPS) is 19.5. The van der Waals surface area contributed by atoms with Crippen molar-refractivity contribution >= 4 is 40.3 Å². The number of carbonyl (C=O) groups excluding carboxylic acids is 3. The number of aromatic amines is 1. The monoisotopic (exact) mass is 786 g/mol. The Morgan fingerprint density at radius 3 is 2.53 bits per heavy atom. The van der Waals surface area contributed by atoms with Gasteiger partial charge >= 0.3 is 12.2 Å². The predicted molar refractivity (Wildman–Crippen MR) is 225 cm³/mol. The quantitative estimate of drug-likeness (QED) is 0.163. The van der Waals surface area contributed by atoms with Crippen LogP contribution in [0.5, 0.6) is 0 Å². The standard InChI is InChI=1S/C46H54N6O6/c1-9-11-29-22-32(38-24-47-42(49-38)39-12-10-19-51(39)43(53)41(27(2)3)50-44(54)57-8)14-16-33(29)30-13-17-34-31(21-30)15-18-36-35(34)23-37(48-36)40-20-28(26-56-7)25-52(40)45(55)58-46(4,5)6/h13-18,21-22,24,27-28,39-41H,10,12,19-20,23,25-26H2,1-8H3,(H,47,49)(H,50,54)/t28-,39-,40-,41-/m0/s1. The van der Waals surface area contributed by atoms with E-state index in [9.17, 15) is 14.4 Å². The minimum Gasteiger partial charge on any atom is -0.453 e. The number of hydrogen-bond donors (Lipinski definition) is 2. The van der Waals surface area contributed by atoms with Crippen LogP contribution >= 0.6 is 0 Å². The number of fused-ring (bicyclic) bond motifs is 3. The Morgan fingerprint density at radius 1 is 1.02 bits per heavy atom. The summed E-state index contributed by atoms with van der Waals surface area (Å²) in [6, 6.07) is 15.9. The summed E-state index contributed by atoms with van der Waals surface area (Å²) in [5.41, 5.74) is 7.23. The van der Waals surface area contributed by atoms with Crippen molar-refractivity contribution in [2.75, 3.05) is 33.9 Å². The van der Waals surface area contributed by atoms with Crippen LogP contribution in [0.1, 0.15) is 83.8 Å². The molecule has 0 aliphatic carbocycles. The smallest absolute Gasteiger partial charge is 0.410 e. The molecule has 4 heterocycles. The fourth-order valence-corrected chi connectivity index (χ4v) is 8.57. The molecular weight excluding hydrogens is 733 g/mol. The first-order valence-electron chi connectivity index (χ1n) is 20.2. The molecule has 4 aromatic rings. The highest BCUT2D eigenvalue weighted by molar-refractivity contribution is 6.05. The Bertz CT molecular complexity index is 2310. The molecule has 3 amide bonds. The number of amides is 3. The first kappa shape index (κ1) is 40.5. The summed E-state index contributed by atoms with van der Waals surface area (Å²) in [6.45, 7) is 13.1. The second-order valence-electron chi connectivity index (χ2n) is 16.8. The number of hydrogen-bond acceptors (Lipinski definition) is 8. The van der Waals surface area contributed by atoms with E-state index in [0.717, 1.165) is 69.4 Å². The highest BCUT2D eigenvalue weighted by Gasteiger charge is 2.42. The summed E-state index contributed by atoms with van der Waals surface area (Å²) in [6.07, 6.45) is 3.93. The number of ether oxygens (including phenoxy) is 3. The SMILES string of the molecule is CC#Cc1cc(-c2cnc([C@@H]3CCCN3C(=O)[C@@H](NC(=O)OC)C(C)C)[nH]2)ccc1-c1ccc2c3c(ccc2c1)N=C([C@@H]1C[C@H](COC)CN1C(=O)OC(C)(C)C)C3. The van der Waals surface area contributed by atoms with Gasteiger partial charge in [-0.05, 0) is 98.5 Å². The lowest BCUT2D eigenvalue weighted by Gasteiger charge is -2.30. The number of carbonyl (C=O) groups is 3. The number of likely N-dealkylation sites (tertiary alicyclic amines) is 2. The second-order valence-corrected chi connectivity index (χ2v) is 16.8. The van der Waals surface area contributed by atoms with Gasteiger partial charge in [-0.25, -0.2) is 14.6 Å². The summed E-state index contributed by atoms with van der Waals surface area (Å²) in [7, 11) is 2.99. The van der Waals surface area contributed by atoms with Crippen molar-refractivity contribution in [3.05, 3.63) is 71.7 Å². The summed E-state index contributed by atoms with van der Waals surface area (Å²) in [4.78, 5) is 56.0. The lowest BCUT2D eigenvalue weighted by molar-refractivity contribution is -0.135. The Morgan fingerprint density at radius 2 is 1.81 bits per heavy atom. The van der Waals surface area contributed by atoms with Gasteiger partial charge in [0, 0.05) is 49.4 Å². The van der Waals surface area contributed by atoms with Crippen LogP contribution in [-0.4, -0.2) is 95.2 Å². The van der Waals surface area contributed by atoms with Crippen LogP contribution in [0.3, 0.4) is 0 Å². The maximum absolute atomic E-state index is 13.7. The van der Waals surface area contributed by atoms with Crippen molar-refractivity contribution in [3.8, 4) is 34.2 Å². The van der Waals surface area contributed by atoms with Gasteiger partial charge in [0.2, 0.25) is 5.91 Å². The van der Waals surface area contributed by atoms with Gasteiger partial charge in [0.1, 0.15) is 17.5 Å². The molecule has 0 unspecified atom stereocenters. The molecule has 0 saturated carbocycles. The fourth-order valence-electron chi connectivity index (χ4n) is 8.57. The minimum atomic E-state index is -0.699. The van der Waals surface area contributed by atoms with Crippen molar-refractivity contribution in [1.29, 1.82) is 0 Å². The summed E-state index contributed by atoms with van der Waals surface area (Å²) >= 11 is 0. The van der Waals surface area contributed by atoms with Gasteiger partial charge in [-0.3, -0.25) is 14.7 Å². The zero-order valence-electron chi connectivity index (χ0n) is 34.8. The molecular formula is C46H54N6O6. The molecule has 2 fully saturated rings. The number of alkyl carbamates (subject to hydrolysis) is 1. The molecule has 0 bridgehead atoms. The van der Waals surface area contributed by atoms with E-state index < -0.39 is 17.7 Å². The molecule has 2 saturated heterocycles. The minimum absolute atomic E-state index is 0.114. The zero-order chi connectivity index (χ0) is 41.3. The van der Waals surface area contributed by atoms with Crippen molar-refractivity contribution in [1.82, 2.24) is 25.1 Å². The maximum Gasteiger partial charge on any atom is 0.410 e. The highest BCUT2D eigenvalue weighted by Crippen LogP contribution is 2.40. The number of aromatic nitrogens is 2. The number of methoxy groups -OCH3 is 2. The van der Waals surface area contributed by atoms with Gasteiger partial charge in [0.05, 0.1) is 43.4 Å². The molecule has 2 N–H and O–H groups in total. The molecule has 4 atom stereocenters. The Balaban J connectivity index is 1.11. The third-order valence-electron chi connectivity index (χ3n) is 11.3. The second kappa shape index (κ2) is 16.7. The third-order valence-corrected chi connectivity index (χ3v) is 11.3. The lowest BCUT2D eigenvalue weighted by atomic mass is 9.92. The van der Waals surface area contributed by atoms with Crippen LogP contribution in [-0.2, 0) is 25.4 Å². The molecule has 0 radical (unpaired) electrons. The van der Waals surface area contributed by atoms with Gasteiger partial charge < -0.3 is 29.4 Å². The third kappa shape index (κ3) is 8.32. The van der Waals surface area contributed by atoms with E-state index in [1.807, 2.05) is 57.5 Å². The van der Waals surface area contributed by atoms with E-state index in [1.165, 1.54) is 12.7 Å². The summed E-state index contributed by atoms with van der Waals surface area (Å²) in [5.74, 6) is 7.09. The van der Waals surface area contributed by atoms with Crippen LogP contribution in [0.2, 0.25) is 0 Å². The zero-order valence-corrected chi connectivity index (χ0v) is 34.8.